The van der Waals surface area contributed by atoms with Gasteiger partial charge in [0.15, 0.2) is 0 Å². The predicted molar refractivity (Wildman–Crippen MR) is 78.4 cm³/mol. The highest BCUT2D eigenvalue weighted by atomic mass is 32.2. The van der Waals surface area contributed by atoms with Crippen LogP contribution in [0, 0.1) is 6.92 Å². The van der Waals surface area contributed by atoms with Gasteiger partial charge in [0.2, 0.25) is 10.0 Å². The van der Waals surface area contributed by atoms with Gasteiger partial charge >= 0.3 is 0 Å². The summed E-state index contributed by atoms with van der Waals surface area (Å²) in [6.07, 6.45) is 1.96. The summed E-state index contributed by atoms with van der Waals surface area (Å²) >= 11 is 1.62. The highest BCUT2D eigenvalue weighted by Gasteiger charge is 2.21. The van der Waals surface area contributed by atoms with Crippen molar-refractivity contribution in [1.82, 2.24) is 4.72 Å². The molecule has 0 saturated carbocycles. The summed E-state index contributed by atoms with van der Waals surface area (Å²) in [7, 11) is -3.49. The third-order valence-corrected chi connectivity index (χ3v) is 5.45. The first-order valence-corrected chi connectivity index (χ1v) is 8.30. The van der Waals surface area contributed by atoms with Crippen molar-refractivity contribution in [3.8, 4) is 0 Å². The summed E-state index contributed by atoms with van der Waals surface area (Å²) in [6.45, 7) is 6.20. The molecule has 6 heteroatoms. The first-order valence-electron chi connectivity index (χ1n) is 5.59. The zero-order chi connectivity index (χ0) is 14.0. The van der Waals surface area contributed by atoms with Gasteiger partial charge in [-0.1, -0.05) is 6.07 Å². The molecule has 0 fully saturated rings. The molecule has 1 rings (SSSR count). The molecular weight excluding hydrogens is 268 g/mol. The number of nitrogen functional groups attached to an aromatic ring is 1. The Morgan fingerprint density at radius 2 is 2.00 bits per heavy atom. The van der Waals surface area contributed by atoms with E-state index in [9.17, 15) is 8.42 Å². The summed E-state index contributed by atoms with van der Waals surface area (Å²) in [6, 6.07) is 4.77. The van der Waals surface area contributed by atoms with Crippen molar-refractivity contribution in [2.75, 3.05) is 18.5 Å². The van der Waals surface area contributed by atoms with E-state index < -0.39 is 10.0 Å². The van der Waals surface area contributed by atoms with E-state index in [0.717, 1.165) is 5.56 Å². The summed E-state index contributed by atoms with van der Waals surface area (Å²) in [5, 5.41) is 0. The summed E-state index contributed by atoms with van der Waals surface area (Å²) < 4.78 is 26.6. The molecule has 0 saturated heterocycles. The minimum absolute atomic E-state index is 0.136. The van der Waals surface area contributed by atoms with Gasteiger partial charge in [-0.3, -0.25) is 0 Å². The lowest BCUT2D eigenvalue weighted by Gasteiger charge is -2.22. The van der Waals surface area contributed by atoms with Crippen LogP contribution in [0.1, 0.15) is 19.4 Å². The Bertz CT molecular complexity index is 525. The van der Waals surface area contributed by atoms with E-state index in [4.69, 9.17) is 5.73 Å². The molecule has 0 radical (unpaired) electrons. The second kappa shape index (κ2) is 5.50. The lowest BCUT2D eigenvalue weighted by atomic mass is 10.2. The number of aryl methyl sites for hydroxylation is 1. The lowest BCUT2D eigenvalue weighted by molar-refractivity contribution is 0.571. The van der Waals surface area contributed by atoms with Gasteiger partial charge in [0.1, 0.15) is 0 Å². The molecule has 1 aromatic rings. The Balaban J connectivity index is 2.90. The highest BCUT2D eigenvalue weighted by Crippen LogP contribution is 2.21. The minimum atomic E-state index is -3.49. The molecule has 18 heavy (non-hydrogen) atoms. The van der Waals surface area contributed by atoms with Crippen LogP contribution in [0.3, 0.4) is 0 Å². The van der Waals surface area contributed by atoms with Crippen LogP contribution >= 0.6 is 11.8 Å². The Kier molecular flexibility index (Phi) is 4.69. The van der Waals surface area contributed by atoms with Crippen molar-refractivity contribution in [2.45, 2.75) is 30.4 Å². The van der Waals surface area contributed by atoms with Crippen LogP contribution in [-0.4, -0.2) is 26.0 Å². The molecule has 0 aliphatic rings. The molecule has 0 unspecified atom stereocenters. The molecule has 0 amide bonds. The molecule has 0 aliphatic heterocycles. The van der Waals surface area contributed by atoms with Gasteiger partial charge < -0.3 is 5.73 Å². The molecule has 4 nitrogen and oxygen atoms in total. The Morgan fingerprint density at radius 3 is 2.50 bits per heavy atom. The summed E-state index contributed by atoms with van der Waals surface area (Å²) in [5.41, 5.74) is 7.09. The summed E-state index contributed by atoms with van der Waals surface area (Å²) in [4.78, 5) is 0.211. The number of hydrogen-bond donors (Lipinski definition) is 2. The van der Waals surface area contributed by atoms with E-state index in [1.165, 1.54) is 6.07 Å². The van der Waals surface area contributed by atoms with E-state index >= 15 is 0 Å². The van der Waals surface area contributed by atoms with Crippen LogP contribution in [0.25, 0.3) is 0 Å². The van der Waals surface area contributed by atoms with Crippen molar-refractivity contribution in [2.24, 2.45) is 0 Å². The second-order valence-corrected chi connectivity index (χ2v) is 8.09. The van der Waals surface area contributed by atoms with Crippen LogP contribution in [0.2, 0.25) is 0 Å². The van der Waals surface area contributed by atoms with Crippen LogP contribution in [0.5, 0.6) is 0 Å². The first kappa shape index (κ1) is 15.3. The molecule has 0 atom stereocenters. The first-order chi connectivity index (χ1) is 8.18. The molecule has 0 aromatic heterocycles. The molecule has 0 spiro atoms. The number of anilines is 1. The van der Waals surface area contributed by atoms with Crippen molar-refractivity contribution < 1.29 is 8.42 Å². The number of nitrogens with two attached hydrogens (primary N) is 1. The second-order valence-electron chi connectivity index (χ2n) is 4.81. The van der Waals surface area contributed by atoms with E-state index in [0.29, 0.717) is 12.2 Å². The molecule has 0 bridgehead atoms. The van der Waals surface area contributed by atoms with Crippen molar-refractivity contribution in [1.29, 1.82) is 0 Å². The van der Waals surface area contributed by atoms with Gasteiger partial charge in [-0.25, -0.2) is 13.1 Å². The normalized spacial score (nSPS) is 12.7. The number of nitrogens with one attached hydrogen (secondary N) is 1. The van der Waals surface area contributed by atoms with Gasteiger partial charge in [-0.2, -0.15) is 11.8 Å². The average molecular weight is 288 g/mol. The zero-order valence-corrected chi connectivity index (χ0v) is 12.8. The molecule has 3 N–H and O–H groups in total. The maximum atomic E-state index is 12.1. The van der Waals surface area contributed by atoms with Gasteiger partial charge in [0, 0.05) is 17.0 Å². The van der Waals surface area contributed by atoms with Crippen LogP contribution in [0.15, 0.2) is 23.1 Å². The van der Waals surface area contributed by atoms with Crippen LogP contribution in [-0.2, 0) is 10.0 Å². The molecule has 0 aliphatic carbocycles. The van der Waals surface area contributed by atoms with Crippen LogP contribution in [0.4, 0.5) is 5.69 Å². The topological polar surface area (TPSA) is 72.2 Å². The Morgan fingerprint density at radius 1 is 1.39 bits per heavy atom. The standard InChI is InChI=1S/C12H20N2O2S2/c1-9-5-6-10(7-11(9)13)18(15,16)14-8-12(2,3)17-4/h5-7,14H,8,13H2,1-4H3. The fourth-order valence-corrected chi connectivity index (χ4v) is 2.76. The number of sulfonamides is 1. The highest BCUT2D eigenvalue weighted by molar-refractivity contribution is 8.00. The third kappa shape index (κ3) is 3.90. The fraction of sp³-hybridized carbons (Fsp3) is 0.500. The van der Waals surface area contributed by atoms with Crippen molar-refractivity contribution >= 4 is 27.5 Å². The van der Waals surface area contributed by atoms with E-state index in [2.05, 4.69) is 4.72 Å². The molecule has 1 aromatic carbocycles. The van der Waals surface area contributed by atoms with E-state index in [1.807, 2.05) is 27.0 Å². The zero-order valence-electron chi connectivity index (χ0n) is 11.1. The number of benzene rings is 1. The summed E-state index contributed by atoms with van der Waals surface area (Å²) in [5.74, 6) is 0. The third-order valence-electron chi connectivity index (χ3n) is 2.80. The van der Waals surface area contributed by atoms with E-state index in [-0.39, 0.29) is 9.64 Å². The smallest absolute Gasteiger partial charge is 0.240 e. The van der Waals surface area contributed by atoms with Crippen molar-refractivity contribution in [3.05, 3.63) is 23.8 Å². The predicted octanol–water partition coefficient (Wildman–Crippen LogP) is 2.00. The van der Waals surface area contributed by atoms with Crippen LogP contribution < -0.4 is 10.5 Å². The minimum Gasteiger partial charge on any atom is -0.398 e. The molecular formula is C12H20N2O2S2. The Hall–Kier alpha value is -0.720. The largest absolute Gasteiger partial charge is 0.398 e. The number of hydrogen-bond acceptors (Lipinski definition) is 4. The van der Waals surface area contributed by atoms with E-state index in [1.54, 1.807) is 23.9 Å². The fourth-order valence-electron chi connectivity index (χ4n) is 1.21. The number of thioether (sulfide) groups is 1. The van der Waals surface area contributed by atoms with Gasteiger partial charge in [-0.15, -0.1) is 0 Å². The number of rotatable bonds is 5. The lowest BCUT2D eigenvalue weighted by Crippen LogP contribution is -2.36. The average Bonchev–Trinajstić information content (AvgIpc) is 2.30. The van der Waals surface area contributed by atoms with Gasteiger partial charge in [-0.05, 0) is 44.7 Å². The molecule has 102 valence electrons. The maximum absolute atomic E-state index is 12.1. The molecule has 0 heterocycles. The van der Waals surface area contributed by atoms with Gasteiger partial charge in [0.05, 0.1) is 4.90 Å². The quantitative estimate of drug-likeness (QED) is 0.813. The van der Waals surface area contributed by atoms with Crippen molar-refractivity contribution in [3.63, 3.8) is 0 Å². The maximum Gasteiger partial charge on any atom is 0.240 e. The van der Waals surface area contributed by atoms with Gasteiger partial charge in [0.25, 0.3) is 0 Å². The Labute approximate surface area is 113 Å². The SMILES string of the molecule is CSC(C)(C)CNS(=O)(=O)c1ccc(C)c(N)c1. The monoisotopic (exact) mass is 288 g/mol.